The molecule has 2 heterocycles. The first kappa shape index (κ1) is 26.5. The molecule has 188 valence electrons. The van der Waals surface area contributed by atoms with Crippen LogP contribution in [0.5, 0.6) is 5.75 Å². The molecule has 9 nitrogen and oxygen atoms in total. The zero-order valence-corrected chi connectivity index (χ0v) is 21.3. The highest BCUT2D eigenvalue weighted by atomic mass is 32.2. The number of allylic oxidation sites excluding steroid dienone is 1. The Kier molecular flexibility index (Phi) is 9.81. The molecule has 0 aromatic heterocycles. The molecule has 1 aromatic rings. The Hall–Kier alpha value is -2.08. The summed E-state index contributed by atoms with van der Waals surface area (Å²) >= 11 is 1.82. The number of hydrogen-bond acceptors (Lipinski definition) is 10. The molecule has 0 bridgehead atoms. The van der Waals surface area contributed by atoms with E-state index in [1.165, 1.54) is 11.1 Å². The van der Waals surface area contributed by atoms with Gasteiger partial charge in [0.25, 0.3) is 0 Å². The van der Waals surface area contributed by atoms with E-state index in [1.807, 2.05) is 37.0 Å². The van der Waals surface area contributed by atoms with Crippen LogP contribution in [-0.4, -0.2) is 62.9 Å². The van der Waals surface area contributed by atoms with Crippen molar-refractivity contribution in [1.29, 1.82) is 5.41 Å². The molecule has 0 saturated carbocycles. The molecule has 0 aliphatic carbocycles. The number of thioether (sulfide) groups is 1. The molecule has 2 aliphatic heterocycles. The Balaban J connectivity index is 1.78. The highest BCUT2D eigenvalue weighted by Crippen LogP contribution is 2.43. The lowest BCUT2D eigenvalue weighted by atomic mass is 10.0. The number of rotatable bonds is 12. The lowest BCUT2D eigenvalue weighted by Crippen LogP contribution is -2.59. The standard InChI is InChI=1S/C24H39N7O2S/c1-14(2)29-23(30-15(3)26)24-31-22-19-6-5-16(9-20(19)33-8-7-21(22)34-24)17(10-25)11-28-12-18(27)13-32-4/h5-6,9-11,14-15,18,23-25,28-31H,7-8,12-13,26-27H2,1-4H3/b17-11+,25-10?. The van der Waals surface area contributed by atoms with Gasteiger partial charge in [0.1, 0.15) is 11.1 Å². The summed E-state index contributed by atoms with van der Waals surface area (Å²) in [5.74, 6) is 0.814. The third-order valence-electron chi connectivity index (χ3n) is 5.44. The second-order valence-electron chi connectivity index (χ2n) is 8.91. The minimum absolute atomic E-state index is 0.0172. The molecule has 0 fully saturated rings. The van der Waals surface area contributed by atoms with E-state index in [-0.39, 0.29) is 23.7 Å². The maximum Gasteiger partial charge on any atom is 0.129 e. The van der Waals surface area contributed by atoms with Gasteiger partial charge in [-0.15, -0.1) is 11.8 Å². The van der Waals surface area contributed by atoms with Gasteiger partial charge in [-0.05, 0) is 38.5 Å². The second-order valence-corrected chi connectivity index (χ2v) is 10.1. The Bertz CT molecular complexity index is 893. The number of benzene rings is 1. The first-order valence-electron chi connectivity index (χ1n) is 11.7. The minimum Gasteiger partial charge on any atom is -0.492 e. The fourth-order valence-corrected chi connectivity index (χ4v) is 5.24. The van der Waals surface area contributed by atoms with Crippen molar-refractivity contribution in [2.45, 2.75) is 57.0 Å². The van der Waals surface area contributed by atoms with Crippen molar-refractivity contribution < 1.29 is 9.47 Å². The van der Waals surface area contributed by atoms with E-state index in [9.17, 15) is 0 Å². The quantitative estimate of drug-likeness (QED) is 0.172. The molecule has 4 atom stereocenters. The summed E-state index contributed by atoms with van der Waals surface area (Å²) < 4.78 is 11.2. The molecular formula is C24H39N7O2S. The summed E-state index contributed by atoms with van der Waals surface area (Å²) in [5, 5.41) is 21.9. The molecule has 0 amide bonds. The van der Waals surface area contributed by atoms with Crippen molar-refractivity contribution in [3.63, 3.8) is 0 Å². The van der Waals surface area contributed by atoms with Gasteiger partial charge >= 0.3 is 0 Å². The van der Waals surface area contributed by atoms with Crippen LogP contribution in [0.3, 0.4) is 0 Å². The van der Waals surface area contributed by atoms with Crippen molar-refractivity contribution in [2.75, 3.05) is 26.9 Å². The lowest BCUT2D eigenvalue weighted by molar-refractivity contribution is 0.180. The average molecular weight is 490 g/mol. The summed E-state index contributed by atoms with van der Waals surface area (Å²) in [4.78, 5) is 1.29. The zero-order chi connectivity index (χ0) is 24.7. The Morgan fingerprint density at radius 2 is 2.12 bits per heavy atom. The maximum absolute atomic E-state index is 7.87. The molecule has 0 radical (unpaired) electrons. The Morgan fingerprint density at radius 1 is 1.32 bits per heavy atom. The van der Waals surface area contributed by atoms with Crippen LogP contribution in [0.1, 0.15) is 38.3 Å². The van der Waals surface area contributed by atoms with Gasteiger partial charge in [0.05, 0.1) is 31.2 Å². The van der Waals surface area contributed by atoms with Crippen LogP contribution < -0.4 is 37.5 Å². The second kappa shape index (κ2) is 12.6. The van der Waals surface area contributed by atoms with Gasteiger partial charge in [-0.3, -0.25) is 10.6 Å². The van der Waals surface area contributed by atoms with E-state index >= 15 is 0 Å². The summed E-state index contributed by atoms with van der Waals surface area (Å²) in [6.45, 7) is 7.86. The molecule has 10 heteroatoms. The highest BCUT2D eigenvalue weighted by Gasteiger charge is 2.34. The first-order chi connectivity index (χ1) is 16.3. The van der Waals surface area contributed by atoms with Crippen molar-refractivity contribution in [1.82, 2.24) is 21.3 Å². The normalized spacial score (nSPS) is 20.6. The van der Waals surface area contributed by atoms with Crippen LogP contribution in [0.4, 0.5) is 0 Å². The van der Waals surface area contributed by atoms with E-state index < -0.39 is 0 Å². The van der Waals surface area contributed by atoms with Gasteiger partial charge in [-0.25, -0.2) is 0 Å². The number of nitrogens with one attached hydrogen (secondary N) is 5. The van der Waals surface area contributed by atoms with Crippen molar-refractivity contribution >= 4 is 29.2 Å². The number of methoxy groups -OCH3 is 1. The molecular weight excluding hydrogens is 450 g/mol. The Morgan fingerprint density at radius 3 is 2.79 bits per heavy atom. The molecule has 0 spiro atoms. The minimum atomic E-state index is -0.124. The molecule has 1 aromatic carbocycles. The predicted octanol–water partition coefficient (Wildman–Crippen LogP) is 1.57. The van der Waals surface area contributed by atoms with Gasteiger partial charge in [-0.2, -0.15) is 0 Å². The van der Waals surface area contributed by atoms with Crippen molar-refractivity contribution in [3.05, 3.63) is 40.4 Å². The Labute approximate surface area is 207 Å². The fraction of sp³-hybridized carbons (Fsp3) is 0.542. The fourth-order valence-electron chi connectivity index (χ4n) is 3.98. The van der Waals surface area contributed by atoms with Gasteiger partial charge in [-0.1, -0.05) is 6.07 Å². The van der Waals surface area contributed by atoms with E-state index in [4.69, 9.17) is 26.4 Å². The van der Waals surface area contributed by atoms with E-state index in [0.717, 1.165) is 34.6 Å². The average Bonchev–Trinajstić information content (AvgIpc) is 3.12. The molecule has 9 N–H and O–H groups in total. The van der Waals surface area contributed by atoms with E-state index in [1.54, 1.807) is 7.11 Å². The van der Waals surface area contributed by atoms with Crippen LogP contribution in [0.25, 0.3) is 11.3 Å². The highest BCUT2D eigenvalue weighted by molar-refractivity contribution is 8.04. The topological polar surface area (TPSA) is 142 Å². The number of hydrogen-bond donors (Lipinski definition) is 7. The summed E-state index contributed by atoms with van der Waals surface area (Å²) in [7, 11) is 1.63. The van der Waals surface area contributed by atoms with Crippen molar-refractivity contribution in [2.24, 2.45) is 11.5 Å². The number of fused-ring (bicyclic) bond motifs is 2. The van der Waals surface area contributed by atoms with Gasteiger partial charge in [0.15, 0.2) is 0 Å². The molecule has 3 rings (SSSR count). The van der Waals surface area contributed by atoms with Crippen LogP contribution in [-0.2, 0) is 4.74 Å². The molecule has 4 unspecified atom stereocenters. The smallest absolute Gasteiger partial charge is 0.129 e. The third kappa shape index (κ3) is 6.97. The third-order valence-corrected chi connectivity index (χ3v) is 6.77. The molecule has 0 saturated heterocycles. The first-order valence-corrected chi connectivity index (χ1v) is 12.6. The SMILES string of the molecule is COCC(N)CN/C=C(\C=N)c1ccc2c(c1)OCCC1=C2NC(C(NC(C)C)NC(C)N)S1. The van der Waals surface area contributed by atoms with Crippen LogP contribution >= 0.6 is 11.8 Å². The number of nitrogens with two attached hydrogens (primary N) is 2. The van der Waals surface area contributed by atoms with Crippen molar-refractivity contribution in [3.8, 4) is 5.75 Å². The summed E-state index contributed by atoms with van der Waals surface area (Å²) in [6.07, 6.45) is 3.88. The van der Waals surface area contributed by atoms with E-state index in [0.29, 0.717) is 25.8 Å². The summed E-state index contributed by atoms with van der Waals surface area (Å²) in [5.41, 5.74) is 15.8. The van der Waals surface area contributed by atoms with Gasteiger partial charge in [0.2, 0.25) is 0 Å². The van der Waals surface area contributed by atoms with Gasteiger partial charge < -0.3 is 37.0 Å². The van der Waals surface area contributed by atoms with Crippen LogP contribution in [0.2, 0.25) is 0 Å². The van der Waals surface area contributed by atoms with Crippen LogP contribution in [0, 0.1) is 5.41 Å². The maximum atomic E-state index is 7.87. The lowest BCUT2D eigenvalue weighted by Gasteiger charge is -2.30. The van der Waals surface area contributed by atoms with E-state index in [2.05, 4.69) is 41.2 Å². The summed E-state index contributed by atoms with van der Waals surface area (Å²) in [6, 6.07) is 6.30. The molecule has 34 heavy (non-hydrogen) atoms. The largest absolute Gasteiger partial charge is 0.492 e. The number of ether oxygens (including phenoxy) is 2. The molecule has 2 aliphatic rings. The monoisotopic (exact) mass is 489 g/mol. The predicted molar refractivity (Wildman–Crippen MR) is 141 cm³/mol. The zero-order valence-electron chi connectivity index (χ0n) is 20.5. The van der Waals surface area contributed by atoms with Gasteiger partial charge in [0, 0.05) is 60.6 Å². The van der Waals surface area contributed by atoms with Crippen LogP contribution in [0.15, 0.2) is 29.3 Å².